The first-order valence-corrected chi connectivity index (χ1v) is 12.8. The van der Waals surface area contributed by atoms with E-state index in [-0.39, 0.29) is 11.9 Å². The van der Waals surface area contributed by atoms with Crippen LogP contribution < -0.4 is 4.74 Å². The molecular weight excluding hydrogens is 578 g/mol. The largest absolute Gasteiger partial charge is 0.486 e. The first-order valence-electron chi connectivity index (χ1n) is 10.5. The van der Waals surface area contributed by atoms with E-state index in [4.69, 9.17) is 40.2 Å². The van der Waals surface area contributed by atoms with Gasteiger partial charge in [0.1, 0.15) is 12.3 Å². The van der Waals surface area contributed by atoms with Crippen LogP contribution in [0.3, 0.4) is 0 Å². The zero-order valence-electron chi connectivity index (χ0n) is 17.6. The van der Waals surface area contributed by atoms with Gasteiger partial charge in [0.2, 0.25) is 0 Å². The average molecular weight is 601 g/mol. The first-order chi connectivity index (χ1) is 15.3. The molecule has 0 aromatic heterocycles. The minimum Gasteiger partial charge on any atom is -0.486 e. The highest BCUT2D eigenvalue weighted by Crippen LogP contribution is 2.37. The lowest BCUT2D eigenvalue weighted by Crippen LogP contribution is -2.41. The molecule has 1 saturated heterocycles. The van der Waals surface area contributed by atoms with E-state index < -0.39 is 0 Å². The lowest BCUT2D eigenvalue weighted by molar-refractivity contribution is -0.124. The monoisotopic (exact) mass is 600 g/mol. The van der Waals surface area contributed by atoms with Crippen molar-refractivity contribution in [2.24, 2.45) is 0 Å². The summed E-state index contributed by atoms with van der Waals surface area (Å²) in [7, 11) is 1.83. The highest BCUT2D eigenvalue weighted by molar-refractivity contribution is 14.1. The number of hydrogen-bond donors (Lipinski definition) is 0. The second-order valence-electron chi connectivity index (χ2n) is 8.07. The van der Waals surface area contributed by atoms with Gasteiger partial charge >= 0.3 is 0 Å². The van der Waals surface area contributed by atoms with E-state index in [1.165, 1.54) is 6.42 Å². The second-order valence-corrected chi connectivity index (χ2v) is 10.5. The van der Waals surface area contributed by atoms with Crippen LogP contribution in [0.2, 0.25) is 10.0 Å². The zero-order valence-corrected chi connectivity index (χ0v) is 22.1. The number of amides is 1. The first kappa shape index (κ1) is 23.8. The molecule has 0 radical (unpaired) electrons. The van der Waals surface area contributed by atoms with Crippen molar-refractivity contribution in [3.8, 4) is 5.75 Å². The van der Waals surface area contributed by atoms with E-state index in [0.717, 1.165) is 40.4 Å². The van der Waals surface area contributed by atoms with Gasteiger partial charge in [-0.2, -0.15) is 0 Å². The smallest absolute Gasteiger partial charge is 0.277 e. The lowest BCUT2D eigenvalue weighted by atomic mass is 9.94. The minimum atomic E-state index is -0.0596. The summed E-state index contributed by atoms with van der Waals surface area (Å²) in [6.07, 6.45) is 7.27. The molecule has 8 heteroatoms. The van der Waals surface area contributed by atoms with Crippen LogP contribution in [0.15, 0.2) is 42.1 Å². The number of nitrogens with zero attached hydrogens (tertiary/aromatic N) is 2. The molecule has 0 spiro atoms. The Morgan fingerprint density at radius 2 is 1.75 bits per heavy atom. The summed E-state index contributed by atoms with van der Waals surface area (Å²) in [6, 6.07) is 11.8. The third-order valence-corrected chi connectivity index (χ3v) is 7.60. The predicted octanol–water partition coefficient (Wildman–Crippen LogP) is 6.91. The molecule has 1 amide bonds. The highest BCUT2D eigenvalue weighted by atomic mass is 127. The zero-order chi connectivity index (χ0) is 22.8. The molecule has 2 aliphatic rings. The number of ether oxygens (including phenoxy) is 1. The number of thiocarbonyl (C=S) groups is 1. The van der Waals surface area contributed by atoms with Gasteiger partial charge in [-0.15, -0.1) is 0 Å². The Bertz CT molecular complexity index is 1050. The number of halogens is 3. The molecule has 2 aromatic carbocycles. The molecular formula is C24H23Cl2IN2O2S. The highest BCUT2D eigenvalue weighted by Gasteiger charge is 2.40. The van der Waals surface area contributed by atoms with Gasteiger partial charge in [-0.25, -0.2) is 0 Å². The van der Waals surface area contributed by atoms with Gasteiger partial charge in [-0.1, -0.05) is 54.6 Å². The SMILES string of the molecule is CN1C(=S)N(C2CCCCC2)C(=O)/C1=C/c1cc(Cl)c(OCc2ccc(I)cc2)c(Cl)c1. The van der Waals surface area contributed by atoms with E-state index in [0.29, 0.717) is 33.2 Å². The molecule has 1 heterocycles. The summed E-state index contributed by atoms with van der Waals surface area (Å²) in [5, 5.41) is 1.35. The molecule has 0 bridgehead atoms. The van der Waals surface area contributed by atoms with Gasteiger partial charge in [-0.3, -0.25) is 9.69 Å². The van der Waals surface area contributed by atoms with Crippen molar-refractivity contribution in [3.05, 3.63) is 66.8 Å². The molecule has 2 aromatic rings. The van der Waals surface area contributed by atoms with Crippen molar-refractivity contribution >= 4 is 75.1 Å². The summed E-state index contributed by atoms with van der Waals surface area (Å²) in [4.78, 5) is 16.7. The van der Waals surface area contributed by atoms with Crippen LogP contribution in [0.25, 0.3) is 6.08 Å². The van der Waals surface area contributed by atoms with Gasteiger partial charge in [0, 0.05) is 16.7 Å². The van der Waals surface area contributed by atoms with Crippen molar-refractivity contribution < 1.29 is 9.53 Å². The number of hydrogen-bond acceptors (Lipinski definition) is 3. The summed E-state index contributed by atoms with van der Waals surface area (Å²) in [6.45, 7) is 0.364. The van der Waals surface area contributed by atoms with Crippen molar-refractivity contribution in [3.63, 3.8) is 0 Å². The minimum absolute atomic E-state index is 0.0596. The molecule has 2 fully saturated rings. The van der Waals surface area contributed by atoms with Crippen molar-refractivity contribution in [2.45, 2.75) is 44.8 Å². The number of carbonyl (C=O) groups is 1. The van der Waals surface area contributed by atoms with Crippen LogP contribution in [0.5, 0.6) is 5.75 Å². The standard InChI is InChI=1S/C24H23Cl2IN2O2S/c1-28-21(23(30)29(24(28)32)18-5-3-2-4-6-18)13-16-11-19(25)22(20(26)12-16)31-14-15-7-9-17(27)10-8-15/h7-13,18H,2-6,14H2,1H3/b21-13-. The van der Waals surface area contributed by atoms with Crippen molar-refractivity contribution in [1.29, 1.82) is 0 Å². The summed E-state index contributed by atoms with van der Waals surface area (Å²) in [5.74, 6) is 0.371. The maximum Gasteiger partial charge on any atom is 0.277 e. The molecule has 32 heavy (non-hydrogen) atoms. The van der Waals surface area contributed by atoms with E-state index >= 15 is 0 Å². The molecule has 0 atom stereocenters. The Morgan fingerprint density at radius 3 is 2.38 bits per heavy atom. The van der Waals surface area contributed by atoms with Gasteiger partial charge in [0.05, 0.1) is 10.0 Å². The molecule has 0 unspecified atom stereocenters. The van der Waals surface area contributed by atoms with Crippen molar-refractivity contribution in [1.82, 2.24) is 9.80 Å². The average Bonchev–Trinajstić information content (AvgIpc) is 2.98. The molecule has 4 nitrogen and oxygen atoms in total. The molecule has 1 saturated carbocycles. The van der Waals surface area contributed by atoms with Crippen LogP contribution in [0, 0.1) is 3.57 Å². The maximum absolute atomic E-state index is 13.2. The summed E-state index contributed by atoms with van der Waals surface area (Å²) >= 11 is 20.8. The fraction of sp³-hybridized carbons (Fsp3) is 0.333. The normalized spacial score (nSPS) is 18.7. The number of benzene rings is 2. The van der Waals surface area contributed by atoms with Gasteiger partial charge in [0.25, 0.3) is 5.91 Å². The molecule has 168 valence electrons. The second kappa shape index (κ2) is 10.3. The Morgan fingerprint density at radius 1 is 1.12 bits per heavy atom. The fourth-order valence-corrected chi connectivity index (χ4v) is 5.44. The Kier molecular flexibility index (Phi) is 7.65. The molecule has 4 rings (SSSR count). The third kappa shape index (κ3) is 5.08. The molecule has 1 aliphatic carbocycles. The number of likely N-dealkylation sites (N-methyl/N-ethyl adjacent to an activating group) is 1. The number of rotatable bonds is 5. The summed E-state index contributed by atoms with van der Waals surface area (Å²) < 4.78 is 7.04. The van der Waals surface area contributed by atoms with Crippen LogP contribution >= 0.6 is 58.0 Å². The predicted molar refractivity (Wildman–Crippen MR) is 142 cm³/mol. The third-order valence-electron chi connectivity index (χ3n) is 5.85. The van der Waals surface area contributed by atoms with Crippen LogP contribution in [0.1, 0.15) is 43.2 Å². The molecule has 0 N–H and O–H groups in total. The van der Waals surface area contributed by atoms with E-state index in [1.54, 1.807) is 28.0 Å². The Hall–Kier alpha value is -1.35. The lowest BCUT2D eigenvalue weighted by Gasteiger charge is -2.30. The number of carbonyl (C=O) groups excluding carboxylic acids is 1. The van der Waals surface area contributed by atoms with Crippen LogP contribution in [-0.2, 0) is 11.4 Å². The molecule has 1 aliphatic heterocycles. The van der Waals surface area contributed by atoms with E-state index in [2.05, 4.69) is 22.6 Å². The fourth-order valence-electron chi connectivity index (χ4n) is 4.13. The van der Waals surface area contributed by atoms with Gasteiger partial charge in [0.15, 0.2) is 10.9 Å². The van der Waals surface area contributed by atoms with E-state index in [1.807, 2.05) is 31.3 Å². The van der Waals surface area contributed by atoms with Crippen molar-refractivity contribution in [2.75, 3.05) is 7.05 Å². The Balaban J connectivity index is 1.54. The summed E-state index contributed by atoms with van der Waals surface area (Å²) in [5.41, 5.74) is 2.28. The topological polar surface area (TPSA) is 32.8 Å². The van der Waals surface area contributed by atoms with Crippen LogP contribution in [0.4, 0.5) is 0 Å². The van der Waals surface area contributed by atoms with E-state index in [9.17, 15) is 4.79 Å². The maximum atomic E-state index is 13.2. The van der Waals surface area contributed by atoms with Gasteiger partial charge < -0.3 is 9.64 Å². The van der Waals surface area contributed by atoms with Crippen LogP contribution in [-0.4, -0.2) is 33.9 Å². The van der Waals surface area contributed by atoms with Gasteiger partial charge in [-0.05, 0) is 89.1 Å². The Labute approximate surface area is 217 Å². The quantitative estimate of drug-likeness (QED) is 0.212.